The lowest BCUT2D eigenvalue weighted by molar-refractivity contribution is -0.384. The zero-order chi connectivity index (χ0) is 15.7. The number of nitrogens with zero attached hydrogens (tertiary/aromatic N) is 2. The topological polar surface area (TPSA) is 63.5 Å². The van der Waals surface area contributed by atoms with E-state index in [0.29, 0.717) is 17.5 Å². The Balaban J connectivity index is 1.83. The maximum absolute atomic E-state index is 12.9. The van der Waals surface area contributed by atoms with Crippen LogP contribution in [-0.4, -0.2) is 27.8 Å². The molecule has 1 saturated carbocycles. The smallest absolute Gasteiger partial charge is 0.269 e. The molecule has 2 fully saturated rings. The predicted octanol–water partition coefficient (Wildman–Crippen LogP) is 3.78. The molecule has 1 aliphatic carbocycles. The Bertz CT molecular complexity index is 570. The molecule has 3 rings (SSSR count). The van der Waals surface area contributed by atoms with Crippen molar-refractivity contribution in [3.05, 3.63) is 39.9 Å². The number of nitro groups is 1. The number of non-ortho nitro benzene ring substituents is 1. The molecule has 5 heteroatoms. The normalized spacial score (nSPS) is 28.0. The average molecular weight is 302 g/mol. The molecule has 0 bridgehead atoms. The van der Waals surface area contributed by atoms with Crippen LogP contribution in [0.15, 0.2) is 24.3 Å². The Hall–Kier alpha value is -1.91. The molecule has 118 valence electrons. The number of nitro benzene ring substituents is 1. The molecular weight excluding hydrogens is 280 g/mol. The van der Waals surface area contributed by atoms with E-state index < -0.39 is 4.92 Å². The summed E-state index contributed by atoms with van der Waals surface area (Å²) in [4.78, 5) is 25.3. The molecule has 0 aromatic heterocycles. The number of likely N-dealkylation sites (tertiary alicyclic amines) is 1. The molecule has 5 nitrogen and oxygen atoms in total. The van der Waals surface area contributed by atoms with Gasteiger partial charge in [-0.05, 0) is 50.7 Å². The summed E-state index contributed by atoms with van der Waals surface area (Å²) in [7, 11) is 0. The number of benzene rings is 1. The van der Waals surface area contributed by atoms with Crippen LogP contribution in [0.2, 0.25) is 0 Å². The van der Waals surface area contributed by atoms with Gasteiger partial charge in [0.2, 0.25) is 0 Å². The minimum Gasteiger partial charge on any atom is -0.333 e. The molecule has 1 aromatic rings. The molecule has 1 amide bonds. The Kier molecular flexibility index (Phi) is 4.14. The summed E-state index contributed by atoms with van der Waals surface area (Å²) in [5.74, 6) is 0.658. The number of hydrogen-bond acceptors (Lipinski definition) is 3. The first-order chi connectivity index (χ1) is 10.6. The van der Waals surface area contributed by atoms with E-state index in [-0.39, 0.29) is 17.6 Å². The van der Waals surface area contributed by atoms with Crippen molar-refractivity contribution in [2.75, 3.05) is 0 Å². The summed E-state index contributed by atoms with van der Waals surface area (Å²) in [6.45, 7) is 2.12. The largest absolute Gasteiger partial charge is 0.333 e. The third kappa shape index (κ3) is 2.72. The second-order valence-electron chi connectivity index (χ2n) is 6.55. The third-order valence-electron chi connectivity index (χ3n) is 5.22. The van der Waals surface area contributed by atoms with Crippen molar-refractivity contribution >= 4 is 11.6 Å². The van der Waals surface area contributed by atoms with Gasteiger partial charge in [-0.25, -0.2) is 0 Å². The fourth-order valence-electron chi connectivity index (χ4n) is 4.04. The van der Waals surface area contributed by atoms with Gasteiger partial charge in [0.05, 0.1) is 4.92 Å². The van der Waals surface area contributed by atoms with Crippen LogP contribution in [0.4, 0.5) is 5.69 Å². The van der Waals surface area contributed by atoms with Crippen LogP contribution >= 0.6 is 0 Å². The Morgan fingerprint density at radius 1 is 1.14 bits per heavy atom. The van der Waals surface area contributed by atoms with Crippen molar-refractivity contribution in [1.82, 2.24) is 4.90 Å². The summed E-state index contributed by atoms with van der Waals surface area (Å²) in [5.41, 5.74) is 0.586. The highest BCUT2D eigenvalue weighted by atomic mass is 16.6. The first-order valence-corrected chi connectivity index (χ1v) is 8.15. The van der Waals surface area contributed by atoms with Gasteiger partial charge in [-0.1, -0.05) is 12.8 Å². The molecule has 0 spiro atoms. The Morgan fingerprint density at radius 2 is 1.82 bits per heavy atom. The number of amides is 1. The summed E-state index contributed by atoms with van der Waals surface area (Å²) < 4.78 is 0. The predicted molar refractivity (Wildman–Crippen MR) is 83.7 cm³/mol. The molecule has 1 heterocycles. The van der Waals surface area contributed by atoms with E-state index in [1.807, 2.05) is 0 Å². The van der Waals surface area contributed by atoms with Gasteiger partial charge in [0.25, 0.3) is 11.6 Å². The van der Waals surface area contributed by atoms with E-state index in [2.05, 4.69) is 11.8 Å². The number of carbonyl (C=O) groups excluding carboxylic acids is 1. The van der Waals surface area contributed by atoms with Gasteiger partial charge in [-0.15, -0.1) is 0 Å². The highest BCUT2D eigenvalue weighted by molar-refractivity contribution is 5.95. The quantitative estimate of drug-likeness (QED) is 0.617. The molecule has 1 aromatic carbocycles. The Morgan fingerprint density at radius 3 is 2.50 bits per heavy atom. The van der Waals surface area contributed by atoms with Crippen molar-refractivity contribution in [3.63, 3.8) is 0 Å². The molecule has 22 heavy (non-hydrogen) atoms. The minimum absolute atomic E-state index is 0.0267. The van der Waals surface area contributed by atoms with Crippen LogP contribution < -0.4 is 0 Å². The number of piperidine rings is 1. The first kappa shape index (κ1) is 15.0. The number of hydrogen-bond donors (Lipinski definition) is 0. The summed E-state index contributed by atoms with van der Waals surface area (Å²) in [5, 5.41) is 10.7. The first-order valence-electron chi connectivity index (χ1n) is 8.15. The van der Waals surface area contributed by atoms with E-state index in [4.69, 9.17) is 0 Å². The van der Waals surface area contributed by atoms with Gasteiger partial charge in [-0.3, -0.25) is 14.9 Å². The molecule has 0 radical (unpaired) electrons. The van der Waals surface area contributed by atoms with Crippen LogP contribution in [0.5, 0.6) is 0 Å². The lowest BCUT2D eigenvalue weighted by atomic mass is 9.76. The van der Waals surface area contributed by atoms with E-state index in [9.17, 15) is 14.9 Å². The lowest BCUT2D eigenvalue weighted by Crippen LogP contribution is -2.53. The number of carbonyl (C=O) groups is 1. The average Bonchev–Trinajstić information content (AvgIpc) is 2.54. The lowest BCUT2D eigenvalue weighted by Gasteiger charge is -2.47. The van der Waals surface area contributed by atoms with E-state index in [0.717, 1.165) is 12.8 Å². The van der Waals surface area contributed by atoms with Gasteiger partial charge in [-0.2, -0.15) is 0 Å². The van der Waals surface area contributed by atoms with Crippen LogP contribution in [0, 0.1) is 16.0 Å². The number of fused-ring (bicyclic) bond motifs is 1. The summed E-state index contributed by atoms with van der Waals surface area (Å²) in [6, 6.07) is 6.60. The fraction of sp³-hybridized carbons (Fsp3) is 0.588. The third-order valence-corrected chi connectivity index (χ3v) is 5.22. The Labute approximate surface area is 130 Å². The summed E-state index contributed by atoms with van der Waals surface area (Å²) in [6.07, 6.45) is 7.05. The van der Waals surface area contributed by atoms with Gasteiger partial charge < -0.3 is 4.90 Å². The van der Waals surface area contributed by atoms with Gasteiger partial charge in [0.1, 0.15) is 0 Å². The van der Waals surface area contributed by atoms with E-state index in [1.165, 1.54) is 37.8 Å². The zero-order valence-corrected chi connectivity index (χ0v) is 12.9. The minimum atomic E-state index is -0.436. The van der Waals surface area contributed by atoms with Crippen molar-refractivity contribution in [3.8, 4) is 0 Å². The second kappa shape index (κ2) is 6.07. The molecule has 3 atom stereocenters. The summed E-state index contributed by atoms with van der Waals surface area (Å²) >= 11 is 0. The van der Waals surface area contributed by atoms with Crippen molar-refractivity contribution in [2.24, 2.45) is 5.92 Å². The molecule has 0 N–H and O–H groups in total. The van der Waals surface area contributed by atoms with Crippen LogP contribution in [-0.2, 0) is 0 Å². The molecular formula is C17H22N2O3. The van der Waals surface area contributed by atoms with Crippen LogP contribution in [0.3, 0.4) is 0 Å². The highest BCUT2D eigenvalue weighted by Gasteiger charge is 2.39. The van der Waals surface area contributed by atoms with Crippen LogP contribution in [0.1, 0.15) is 55.8 Å². The van der Waals surface area contributed by atoms with Gasteiger partial charge in [0.15, 0.2) is 0 Å². The maximum Gasteiger partial charge on any atom is 0.269 e. The van der Waals surface area contributed by atoms with Crippen molar-refractivity contribution in [2.45, 2.75) is 57.5 Å². The van der Waals surface area contributed by atoms with E-state index in [1.54, 1.807) is 12.1 Å². The number of rotatable bonds is 2. The molecule has 2 aliphatic rings. The van der Waals surface area contributed by atoms with Gasteiger partial charge in [0, 0.05) is 29.8 Å². The maximum atomic E-state index is 12.9. The molecule has 0 unspecified atom stereocenters. The second-order valence-corrected chi connectivity index (χ2v) is 6.55. The van der Waals surface area contributed by atoms with Gasteiger partial charge >= 0.3 is 0 Å². The molecule has 1 aliphatic heterocycles. The SMILES string of the molecule is C[C@@H]1CC[C@H]2CCCC[C@@H]2N1C(=O)c1ccc([N+](=O)[O-])cc1. The highest BCUT2D eigenvalue weighted by Crippen LogP contribution is 2.38. The van der Waals surface area contributed by atoms with Crippen molar-refractivity contribution < 1.29 is 9.72 Å². The molecule has 1 saturated heterocycles. The van der Waals surface area contributed by atoms with Crippen LogP contribution in [0.25, 0.3) is 0 Å². The van der Waals surface area contributed by atoms with Crippen molar-refractivity contribution in [1.29, 1.82) is 0 Å². The monoisotopic (exact) mass is 302 g/mol. The standard InChI is InChI=1S/C17H22N2O3/c1-12-6-7-13-4-2-3-5-16(13)18(12)17(20)14-8-10-15(11-9-14)19(21)22/h8-13,16H,2-7H2,1H3/t12-,13-,16+/m1/s1. The zero-order valence-electron chi connectivity index (χ0n) is 12.9. The van der Waals surface area contributed by atoms with E-state index >= 15 is 0 Å². The fourth-order valence-corrected chi connectivity index (χ4v) is 4.04.